The maximum Gasteiger partial charge on any atom is 0.0998 e. The van der Waals surface area contributed by atoms with Gasteiger partial charge in [-0.2, -0.15) is 17.0 Å². The minimum Gasteiger partial charge on any atom is -0.369 e. The molecular weight excluding hydrogens is 252 g/mol. The summed E-state index contributed by atoms with van der Waals surface area (Å²) in [6, 6.07) is 14.6. The fourth-order valence-corrected chi connectivity index (χ4v) is 3.71. The minimum absolute atomic E-state index is 0.670. The quantitative estimate of drug-likeness (QED) is 0.790. The molecule has 0 spiro atoms. The van der Waals surface area contributed by atoms with Crippen LogP contribution in [0.5, 0.6) is 0 Å². The van der Waals surface area contributed by atoms with Gasteiger partial charge >= 0.3 is 0 Å². The average Bonchev–Trinajstić information content (AvgIpc) is 2.46. The molecule has 1 unspecified atom stereocenters. The molecule has 2 nitrogen and oxygen atoms in total. The lowest BCUT2D eigenvalue weighted by Crippen LogP contribution is -2.36. The van der Waals surface area contributed by atoms with E-state index in [1.54, 1.807) is 0 Å². The van der Waals surface area contributed by atoms with E-state index >= 15 is 0 Å². The van der Waals surface area contributed by atoms with Gasteiger partial charge in [-0.15, -0.1) is 0 Å². The second kappa shape index (κ2) is 5.14. The Morgan fingerprint density at radius 1 is 1.21 bits per heavy atom. The Hall–Kier alpha value is -1.66. The smallest absolute Gasteiger partial charge is 0.0998 e. The first-order valence-electron chi connectivity index (χ1n) is 6.58. The molecule has 0 N–H and O–H groups in total. The van der Waals surface area contributed by atoms with Crippen LogP contribution >= 0.6 is 11.8 Å². The summed E-state index contributed by atoms with van der Waals surface area (Å²) < 4.78 is 0. The van der Waals surface area contributed by atoms with E-state index in [-0.39, 0.29) is 0 Å². The molecule has 0 aliphatic carbocycles. The Balaban J connectivity index is 2.12. The number of hydrogen-bond donors (Lipinski definition) is 0. The molecule has 1 aliphatic heterocycles. The summed E-state index contributed by atoms with van der Waals surface area (Å²) >= 11 is 2.04. The predicted molar refractivity (Wildman–Crippen MR) is 82.8 cm³/mol. The highest BCUT2D eigenvalue weighted by atomic mass is 32.2. The van der Waals surface area contributed by atoms with Gasteiger partial charge in [0.25, 0.3) is 0 Å². The molecular formula is C16H16N2S. The van der Waals surface area contributed by atoms with Crippen LogP contribution in [0.4, 0.5) is 5.69 Å². The van der Waals surface area contributed by atoms with Crippen molar-refractivity contribution in [2.45, 2.75) is 12.2 Å². The molecule has 0 radical (unpaired) electrons. The van der Waals surface area contributed by atoms with E-state index < -0.39 is 0 Å². The lowest BCUT2D eigenvalue weighted by Gasteiger charge is -2.33. The second-order valence-corrected chi connectivity index (χ2v) is 6.46. The van der Waals surface area contributed by atoms with E-state index in [9.17, 15) is 5.26 Å². The topological polar surface area (TPSA) is 27.0 Å². The van der Waals surface area contributed by atoms with Gasteiger partial charge in [0.2, 0.25) is 0 Å². The van der Waals surface area contributed by atoms with Crippen LogP contribution in [0.15, 0.2) is 36.4 Å². The average molecular weight is 268 g/mol. The first kappa shape index (κ1) is 12.4. The van der Waals surface area contributed by atoms with E-state index in [4.69, 9.17) is 0 Å². The second-order valence-electron chi connectivity index (χ2n) is 4.92. The van der Waals surface area contributed by atoms with Gasteiger partial charge in [-0.3, -0.25) is 0 Å². The minimum atomic E-state index is 0.670. The zero-order valence-corrected chi connectivity index (χ0v) is 11.8. The fourth-order valence-electron chi connectivity index (χ4n) is 2.69. The van der Waals surface area contributed by atoms with Crippen LogP contribution in [0.3, 0.4) is 0 Å². The van der Waals surface area contributed by atoms with Gasteiger partial charge in [0.05, 0.1) is 11.6 Å². The van der Waals surface area contributed by atoms with Crippen LogP contribution in [0.1, 0.15) is 12.5 Å². The van der Waals surface area contributed by atoms with Crippen molar-refractivity contribution in [3.8, 4) is 6.07 Å². The number of nitrogens with zero attached hydrogens (tertiary/aromatic N) is 2. The zero-order valence-electron chi connectivity index (χ0n) is 11.0. The van der Waals surface area contributed by atoms with Crippen molar-refractivity contribution in [1.82, 2.24) is 0 Å². The largest absolute Gasteiger partial charge is 0.369 e. The van der Waals surface area contributed by atoms with Crippen molar-refractivity contribution >= 4 is 28.2 Å². The van der Waals surface area contributed by atoms with Gasteiger partial charge in [-0.05, 0) is 12.1 Å². The number of anilines is 1. The molecule has 1 heterocycles. The van der Waals surface area contributed by atoms with Crippen LogP contribution in [0.25, 0.3) is 10.8 Å². The number of fused-ring (bicyclic) bond motifs is 1. The summed E-state index contributed by atoms with van der Waals surface area (Å²) in [5, 5.41) is 12.1. The summed E-state index contributed by atoms with van der Waals surface area (Å²) in [5.74, 6) is 1.18. The molecule has 2 aromatic carbocycles. The Morgan fingerprint density at radius 3 is 2.74 bits per heavy atom. The van der Waals surface area contributed by atoms with Crippen molar-refractivity contribution < 1.29 is 0 Å². The lowest BCUT2D eigenvalue weighted by atomic mass is 10.0. The maximum atomic E-state index is 9.21. The highest BCUT2D eigenvalue weighted by molar-refractivity contribution is 8.00. The number of thioether (sulfide) groups is 1. The molecule has 1 fully saturated rings. The van der Waals surface area contributed by atoms with Crippen molar-refractivity contribution in [3.05, 3.63) is 42.0 Å². The molecule has 2 aromatic rings. The monoisotopic (exact) mass is 268 g/mol. The molecule has 3 rings (SSSR count). The standard InChI is InChI=1S/C16H16N2S/c1-12-11-18(8-9-19-12)16-7-6-13(10-17)14-4-2-3-5-15(14)16/h2-7,12H,8-9,11H2,1H3. The van der Waals surface area contributed by atoms with E-state index in [1.165, 1.54) is 16.8 Å². The van der Waals surface area contributed by atoms with Crippen LogP contribution in [0, 0.1) is 11.3 Å². The van der Waals surface area contributed by atoms with Gasteiger partial charge < -0.3 is 4.90 Å². The van der Waals surface area contributed by atoms with Crippen LogP contribution in [-0.2, 0) is 0 Å². The van der Waals surface area contributed by atoms with Crippen LogP contribution in [-0.4, -0.2) is 24.1 Å². The molecule has 1 aliphatic rings. The van der Waals surface area contributed by atoms with Gasteiger partial charge in [-0.1, -0.05) is 31.2 Å². The van der Waals surface area contributed by atoms with Crippen molar-refractivity contribution in [1.29, 1.82) is 5.26 Å². The highest BCUT2D eigenvalue weighted by Gasteiger charge is 2.19. The van der Waals surface area contributed by atoms with Crippen LogP contribution < -0.4 is 4.90 Å². The molecule has 0 amide bonds. The zero-order chi connectivity index (χ0) is 13.2. The van der Waals surface area contributed by atoms with Gasteiger partial charge in [0.15, 0.2) is 0 Å². The van der Waals surface area contributed by atoms with Crippen molar-refractivity contribution in [2.75, 3.05) is 23.7 Å². The molecule has 0 aromatic heterocycles. The van der Waals surface area contributed by atoms with E-state index in [2.05, 4.69) is 36.1 Å². The van der Waals surface area contributed by atoms with Crippen molar-refractivity contribution in [2.24, 2.45) is 0 Å². The SMILES string of the molecule is CC1CN(c2ccc(C#N)c3ccccc23)CCS1. The third-order valence-electron chi connectivity index (χ3n) is 3.60. The summed E-state index contributed by atoms with van der Waals surface area (Å²) in [4.78, 5) is 2.45. The summed E-state index contributed by atoms with van der Waals surface area (Å²) in [6.45, 7) is 4.45. The van der Waals surface area contributed by atoms with Crippen molar-refractivity contribution in [3.63, 3.8) is 0 Å². The first-order chi connectivity index (χ1) is 9.29. The van der Waals surface area contributed by atoms with E-state index in [1.807, 2.05) is 30.0 Å². The lowest BCUT2D eigenvalue weighted by molar-refractivity contribution is 0.786. The molecule has 3 heteroatoms. The van der Waals surface area contributed by atoms with Gasteiger partial charge in [-0.25, -0.2) is 0 Å². The molecule has 0 bridgehead atoms. The number of benzene rings is 2. The van der Waals surface area contributed by atoms with Gasteiger partial charge in [0, 0.05) is 40.6 Å². The number of nitriles is 1. The third-order valence-corrected chi connectivity index (χ3v) is 4.74. The number of rotatable bonds is 1. The molecule has 1 atom stereocenters. The molecule has 1 saturated heterocycles. The Kier molecular flexibility index (Phi) is 3.35. The predicted octanol–water partition coefficient (Wildman–Crippen LogP) is 3.65. The normalized spacial score (nSPS) is 19.4. The van der Waals surface area contributed by atoms with Crippen LogP contribution in [0.2, 0.25) is 0 Å². The first-order valence-corrected chi connectivity index (χ1v) is 7.63. The van der Waals surface area contributed by atoms with Gasteiger partial charge in [0.1, 0.15) is 0 Å². The Morgan fingerprint density at radius 2 is 2.00 bits per heavy atom. The fraction of sp³-hybridized carbons (Fsp3) is 0.312. The third kappa shape index (κ3) is 2.29. The summed E-state index contributed by atoms with van der Waals surface area (Å²) in [6.07, 6.45) is 0. The maximum absolute atomic E-state index is 9.21. The molecule has 19 heavy (non-hydrogen) atoms. The summed E-state index contributed by atoms with van der Waals surface area (Å²) in [5.41, 5.74) is 2.03. The Labute approximate surface area is 118 Å². The molecule has 0 saturated carbocycles. The Bertz CT molecular complexity index is 645. The van der Waals surface area contributed by atoms with E-state index in [0.717, 1.165) is 24.0 Å². The summed E-state index contributed by atoms with van der Waals surface area (Å²) in [7, 11) is 0. The number of hydrogen-bond acceptors (Lipinski definition) is 3. The van der Waals surface area contributed by atoms with E-state index in [0.29, 0.717) is 5.25 Å². The molecule has 96 valence electrons. The highest BCUT2D eigenvalue weighted by Crippen LogP contribution is 2.32.